The summed E-state index contributed by atoms with van der Waals surface area (Å²) in [7, 11) is 0. The van der Waals surface area contributed by atoms with E-state index in [0.717, 1.165) is 38.0 Å². The van der Waals surface area contributed by atoms with Crippen LogP contribution in [0.5, 0.6) is 0 Å². The summed E-state index contributed by atoms with van der Waals surface area (Å²) in [5, 5.41) is 0.683. The monoisotopic (exact) mass is 328 g/mol. The highest BCUT2D eigenvalue weighted by atomic mass is 32.1. The van der Waals surface area contributed by atoms with E-state index >= 15 is 0 Å². The fourth-order valence-corrected chi connectivity index (χ4v) is 3.58. The number of primary amides is 1. The van der Waals surface area contributed by atoms with Gasteiger partial charge in [0.2, 0.25) is 5.91 Å². The summed E-state index contributed by atoms with van der Waals surface area (Å²) in [5.74, 6) is -0.396. The van der Waals surface area contributed by atoms with Gasteiger partial charge in [0.05, 0.1) is 5.69 Å². The van der Waals surface area contributed by atoms with Crippen molar-refractivity contribution in [2.45, 2.75) is 12.8 Å². The molecule has 6 heteroatoms. The molecule has 4 N–H and O–H groups in total. The third-order valence-corrected chi connectivity index (χ3v) is 4.97. The van der Waals surface area contributed by atoms with Crippen LogP contribution >= 0.6 is 11.3 Å². The van der Waals surface area contributed by atoms with Gasteiger partial charge < -0.3 is 11.5 Å². The average Bonchev–Trinajstić information content (AvgIpc) is 2.79. The van der Waals surface area contributed by atoms with Crippen molar-refractivity contribution in [2.24, 2.45) is 5.73 Å². The van der Waals surface area contributed by atoms with Gasteiger partial charge in [0, 0.05) is 36.5 Å². The highest BCUT2D eigenvalue weighted by Gasteiger charge is 2.16. The minimum absolute atomic E-state index is 0.396. The molecule has 0 unspecified atom stereocenters. The van der Waals surface area contributed by atoms with E-state index in [9.17, 15) is 4.79 Å². The van der Waals surface area contributed by atoms with E-state index in [2.05, 4.69) is 22.0 Å². The van der Waals surface area contributed by atoms with Gasteiger partial charge in [-0.3, -0.25) is 9.69 Å². The number of hydrogen-bond acceptors (Lipinski definition) is 5. The molecule has 23 heavy (non-hydrogen) atoms. The Morgan fingerprint density at radius 1 is 1.26 bits per heavy atom. The number of nitrogen functional groups attached to an aromatic ring is 1. The maximum atomic E-state index is 11.0. The molecular formula is C17H20N4OS. The van der Waals surface area contributed by atoms with Crippen molar-refractivity contribution >= 4 is 28.5 Å². The lowest BCUT2D eigenvalue weighted by Gasteiger charge is -2.17. The van der Waals surface area contributed by atoms with E-state index in [0.29, 0.717) is 10.7 Å². The number of rotatable bonds is 4. The molecule has 2 aromatic rings. The first-order chi connectivity index (χ1) is 11.1. The van der Waals surface area contributed by atoms with Crippen LogP contribution in [-0.4, -0.2) is 35.4 Å². The van der Waals surface area contributed by atoms with Crippen molar-refractivity contribution in [3.63, 3.8) is 0 Å². The smallest absolute Gasteiger partial charge is 0.248 e. The lowest BCUT2D eigenvalue weighted by Crippen LogP contribution is -2.26. The number of carbonyl (C=O) groups is 1. The van der Waals surface area contributed by atoms with Gasteiger partial charge in [0.25, 0.3) is 0 Å². The second-order valence-electron chi connectivity index (χ2n) is 5.61. The molecule has 1 aromatic heterocycles. The molecule has 0 atom stereocenters. The third-order valence-electron chi connectivity index (χ3n) is 3.98. The van der Waals surface area contributed by atoms with Gasteiger partial charge in [-0.05, 0) is 24.1 Å². The first-order valence-corrected chi connectivity index (χ1v) is 8.46. The van der Waals surface area contributed by atoms with E-state index in [1.54, 1.807) is 23.5 Å². The predicted octanol–water partition coefficient (Wildman–Crippen LogP) is 1.94. The lowest BCUT2D eigenvalue weighted by atomic mass is 10.1. The fraction of sp³-hybridized carbons (Fsp3) is 0.294. The van der Waals surface area contributed by atoms with E-state index in [1.165, 1.54) is 10.6 Å². The predicted molar refractivity (Wildman–Crippen MR) is 94.4 cm³/mol. The summed E-state index contributed by atoms with van der Waals surface area (Å²) >= 11 is 1.61. The van der Waals surface area contributed by atoms with Crippen LogP contribution in [0.4, 0.5) is 5.13 Å². The van der Waals surface area contributed by atoms with Crippen LogP contribution in [0.25, 0.3) is 6.08 Å². The maximum absolute atomic E-state index is 11.0. The number of nitrogens with zero attached hydrogens (tertiary/aromatic N) is 2. The Hall–Kier alpha value is -2.18. The molecular weight excluding hydrogens is 308 g/mol. The van der Waals surface area contributed by atoms with Gasteiger partial charge >= 0.3 is 0 Å². The normalized spacial score (nSPS) is 15.5. The van der Waals surface area contributed by atoms with Crippen molar-refractivity contribution in [3.05, 3.63) is 52.0 Å². The minimum atomic E-state index is -0.396. The van der Waals surface area contributed by atoms with Crippen molar-refractivity contribution in [1.29, 1.82) is 0 Å². The van der Waals surface area contributed by atoms with Crippen molar-refractivity contribution < 1.29 is 4.79 Å². The number of aromatic nitrogens is 1. The number of hydrogen-bond donors (Lipinski definition) is 2. The summed E-state index contributed by atoms with van der Waals surface area (Å²) in [6.45, 7) is 2.93. The summed E-state index contributed by atoms with van der Waals surface area (Å²) in [4.78, 5) is 19.2. The number of thiazole rings is 1. The zero-order chi connectivity index (χ0) is 16.2. The Morgan fingerprint density at radius 3 is 2.74 bits per heavy atom. The van der Waals surface area contributed by atoms with Crippen LogP contribution in [0.3, 0.4) is 0 Å². The fourth-order valence-electron chi connectivity index (χ4n) is 2.71. The van der Waals surface area contributed by atoms with E-state index in [-0.39, 0.29) is 0 Å². The SMILES string of the molecule is NC(=O)c1ccc(C=CCN2CCc3nc(N)sc3CC2)cc1. The number of fused-ring (bicyclic) bond motifs is 1. The van der Waals surface area contributed by atoms with Gasteiger partial charge in [-0.2, -0.15) is 0 Å². The quantitative estimate of drug-likeness (QED) is 0.898. The summed E-state index contributed by atoms with van der Waals surface area (Å²) in [6.07, 6.45) is 6.21. The third kappa shape index (κ3) is 3.97. The van der Waals surface area contributed by atoms with E-state index in [1.807, 2.05) is 12.1 Å². The Bertz CT molecular complexity index is 695. The lowest BCUT2D eigenvalue weighted by molar-refractivity contribution is 0.100. The molecule has 0 saturated heterocycles. The van der Waals surface area contributed by atoms with Gasteiger partial charge in [-0.1, -0.05) is 24.3 Å². The molecule has 0 fully saturated rings. The second kappa shape index (κ2) is 6.93. The average molecular weight is 328 g/mol. The van der Waals surface area contributed by atoms with Crippen molar-refractivity contribution in [2.75, 3.05) is 25.4 Å². The number of nitrogens with two attached hydrogens (primary N) is 2. The van der Waals surface area contributed by atoms with Gasteiger partial charge in [0.1, 0.15) is 0 Å². The molecule has 0 aliphatic carbocycles. The Balaban J connectivity index is 1.54. The topological polar surface area (TPSA) is 85.2 Å². The van der Waals surface area contributed by atoms with Gasteiger partial charge in [-0.15, -0.1) is 11.3 Å². The molecule has 1 aromatic carbocycles. The second-order valence-corrected chi connectivity index (χ2v) is 6.73. The number of anilines is 1. The molecule has 1 amide bonds. The first kappa shape index (κ1) is 15.7. The molecule has 120 valence electrons. The molecule has 1 aliphatic rings. The maximum Gasteiger partial charge on any atom is 0.248 e. The van der Waals surface area contributed by atoms with E-state index in [4.69, 9.17) is 11.5 Å². The van der Waals surface area contributed by atoms with Crippen LogP contribution in [0.15, 0.2) is 30.3 Å². The number of carbonyl (C=O) groups excluding carboxylic acids is 1. The highest BCUT2D eigenvalue weighted by molar-refractivity contribution is 7.15. The van der Waals surface area contributed by atoms with Gasteiger partial charge in [-0.25, -0.2) is 4.98 Å². The Labute approximate surface area is 139 Å². The molecule has 0 saturated carbocycles. The zero-order valence-corrected chi connectivity index (χ0v) is 13.7. The standard InChI is InChI=1S/C17H20N4OS/c18-16(22)13-5-3-12(4-6-13)2-1-9-21-10-7-14-15(8-11-21)23-17(19)20-14/h1-6H,7-11H2,(H2,18,22)(H2,19,20). The minimum Gasteiger partial charge on any atom is -0.375 e. The van der Waals surface area contributed by atoms with Crippen LogP contribution in [0, 0.1) is 0 Å². The van der Waals surface area contributed by atoms with Crippen LogP contribution in [0.2, 0.25) is 0 Å². The highest BCUT2D eigenvalue weighted by Crippen LogP contribution is 2.24. The zero-order valence-electron chi connectivity index (χ0n) is 12.9. The number of benzene rings is 1. The van der Waals surface area contributed by atoms with Crippen LogP contribution < -0.4 is 11.5 Å². The Morgan fingerprint density at radius 2 is 2.00 bits per heavy atom. The van der Waals surface area contributed by atoms with Crippen LogP contribution in [0.1, 0.15) is 26.5 Å². The summed E-state index contributed by atoms with van der Waals surface area (Å²) in [5.41, 5.74) is 13.8. The molecule has 5 nitrogen and oxygen atoms in total. The molecule has 1 aliphatic heterocycles. The molecule has 3 rings (SSSR count). The molecule has 2 heterocycles. The molecule has 0 spiro atoms. The largest absolute Gasteiger partial charge is 0.375 e. The number of amides is 1. The van der Waals surface area contributed by atoms with Crippen molar-refractivity contribution in [1.82, 2.24) is 9.88 Å². The van der Waals surface area contributed by atoms with Crippen LogP contribution in [-0.2, 0) is 12.8 Å². The van der Waals surface area contributed by atoms with E-state index < -0.39 is 5.91 Å². The summed E-state index contributed by atoms with van der Waals surface area (Å²) < 4.78 is 0. The van der Waals surface area contributed by atoms with Crippen molar-refractivity contribution in [3.8, 4) is 0 Å². The van der Waals surface area contributed by atoms with Gasteiger partial charge in [0.15, 0.2) is 5.13 Å². The Kier molecular flexibility index (Phi) is 4.73. The first-order valence-electron chi connectivity index (χ1n) is 7.64. The molecule has 0 bridgehead atoms. The molecule has 0 radical (unpaired) electrons. The summed E-state index contributed by atoms with van der Waals surface area (Å²) in [6, 6.07) is 7.32.